The number of nitrogens with one attached hydrogen (secondary N) is 1. The number of allylic oxidation sites excluding steroid dienone is 2. The Kier molecular flexibility index (Phi) is 5.56. The number of fused-ring (bicyclic) bond motifs is 2. The first-order chi connectivity index (χ1) is 10.6. The molecule has 0 amide bonds. The van der Waals surface area contributed by atoms with Gasteiger partial charge < -0.3 is 5.11 Å². The lowest BCUT2D eigenvalue weighted by molar-refractivity contribution is -0.137. The van der Waals surface area contributed by atoms with Crippen molar-refractivity contribution >= 4 is 16.0 Å². The standard InChI is InChI=1S/C17H29NO4S/c1-17(2)13-10-12(8-6-4-5-7-9-15(19)20)16(14(17)11-13)18-23(3,21)22/h4,6,12-14,16,18H,5,7-11H2,1-3H3,(H,19,20)/b6-4+. The van der Waals surface area contributed by atoms with Gasteiger partial charge in [-0.1, -0.05) is 26.0 Å². The highest BCUT2D eigenvalue weighted by atomic mass is 32.2. The second kappa shape index (κ2) is 6.93. The molecule has 4 unspecified atom stereocenters. The van der Waals surface area contributed by atoms with Gasteiger partial charge in [0.05, 0.1) is 6.26 Å². The van der Waals surface area contributed by atoms with E-state index in [0.29, 0.717) is 24.2 Å². The number of hydrogen-bond acceptors (Lipinski definition) is 3. The molecule has 0 aromatic carbocycles. The van der Waals surface area contributed by atoms with Crippen molar-refractivity contribution < 1.29 is 18.3 Å². The van der Waals surface area contributed by atoms with Gasteiger partial charge in [0.25, 0.3) is 0 Å². The summed E-state index contributed by atoms with van der Waals surface area (Å²) in [7, 11) is -3.20. The quantitative estimate of drug-likeness (QED) is 0.524. The fraction of sp³-hybridized carbons (Fsp3) is 0.824. The van der Waals surface area contributed by atoms with Crippen LogP contribution in [0.2, 0.25) is 0 Å². The summed E-state index contributed by atoms with van der Waals surface area (Å²) in [6.45, 7) is 4.50. The topological polar surface area (TPSA) is 83.5 Å². The highest BCUT2D eigenvalue weighted by Gasteiger charge is 2.57. The third-order valence-corrected chi connectivity index (χ3v) is 6.49. The van der Waals surface area contributed by atoms with Crippen LogP contribution in [0.25, 0.3) is 0 Å². The molecule has 0 radical (unpaired) electrons. The Hall–Kier alpha value is -0.880. The van der Waals surface area contributed by atoms with Crippen molar-refractivity contribution in [2.45, 2.75) is 58.4 Å². The van der Waals surface area contributed by atoms with E-state index >= 15 is 0 Å². The van der Waals surface area contributed by atoms with E-state index in [1.54, 1.807) is 0 Å². The minimum absolute atomic E-state index is 0.0219. The van der Waals surface area contributed by atoms with Crippen LogP contribution in [-0.4, -0.2) is 31.8 Å². The molecule has 132 valence electrons. The van der Waals surface area contributed by atoms with Crippen molar-refractivity contribution in [3.8, 4) is 0 Å². The molecule has 23 heavy (non-hydrogen) atoms. The number of carboxylic acid groups (broad SMARTS) is 1. The van der Waals surface area contributed by atoms with Gasteiger partial charge in [0.2, 0.25) is 10.0 Å². The maximum absolute atomic E-state index is 11.7. The van der Waals surface area contributed by atoms with Gasteiger partial charge in [-0.2, -0.15) is 0 Å². The third kappa shape index (κ3) is 4.57. The molecule has 0 aliphatic heterocycles. The summed E-state index contributed by atoms with van der Waals surface area (Å²) < 4.78 is 26.3. The number of rotatable bonds is 8. The predicted octanol–water partition coefficient (Wildman–Crippen LogP) is 2.79. The summed E-state index contributed by atoms with van der Waals surface area (Å²) in [5.74, 6) is 0.694. The van der Waals surface area contributed by atoms with Crippen LogP contribution in [0.5, 0.6) is 0 Å². The Bertz CT molecular complexity index is 567. The maximum Gasteiger partial charge on any atom is 0.303 e. The molecule has 6 heteroatoms. The first kappa shape index (κ1) is 18.5. The minimum Gasteiger partial charge on any atom is -0.481 e. The fourth-order valence-corrected chi connectivity index (χ4v) is 5.19. The normalized spacial score (nSPS) is 32.7. The molecule has 4 atom stereocenters. The highest BCUT2D eigenvalue weighted by Crippen LogP contribution is 2.61. The Morgan fingerprint density at radius 3 is 2.57 bits per heavy atom. The molecule has 0 saturated heterocycles. The predicted molar refractivity (Wildman–Crippen MR) is 90.5 cm³/mol. The Labute approximate surface area is 139 Å². The molecule has 3 saturated carbocycles. The van der Waals surface area contributed by atoms with E-state index in [0.717, 1.165) is 25.7 Å². The molecular formula is C17H29NO4S. The zero-order valence-electron chi connectivity index (χ0n) is 14.3. The third-order valence-electron chi connectivity index (χ3n) is 5.79. The molecular weight excluding hydrogens is 314 g/mol. The van der Waals surface area contributed by atoms with Crippen LogP contribution < -0.4 is 4.72 Å². The zero-order valence-corrected chi connectivity index (χ0v) is 15.1. The van der Waals surface area contributed by atoms with Gasteiger partial charge in [-0.25, -0.2) is 13.1 Å². The highest BCUT2D eigenvalue weighted by molar-refractivity contribution is 7.88. The van der Waals surface area contributed by atoms with Crippen LogP contribution in [0.4, 0.5) is 0 Å². The molecule has 3 rings (SSSR count). The summed E-state index contributed by atoms with van der Waals surface area (Å²) in [6, 6.07) is 0.0219. The molecule has 0 aromatic rings. The van der Waals surface area contributed by atoms with Crippen molar-refractivity contribution in [2.24, 2.45) is 23.2 Å². The van der Waals surface area contributed by atoms with Gasteiger partial charge in [0.15, 0.2) is 0 Å². The molecule has 3 fully saturated rings. The van der Waals surface area contributed by atoms with E-state index < -0.39 is 16.0 Å². The summed E-state index contributed by atoms with van der Waals surface area (Å²) in [5, 5.41) is 8.61. The van der Waals surface area contributed by atoms with Gasteiger partial charge in [0, 0.05) is 12.5 Å². The van der Waals surface area contributed by atoms with E-state index in [9.17, 15) is 13.2 Å². The number of sulfonamides is 1. The summed E-state index contributed by atoms with van der Waals surface area (Å²) in [6.07, 6.45) is 10.0. The Morgan fingerprint density at radius 2 is 2.00 bits per heavy atom. The average molecular weight is 343 g/mol. The lowest BCUT2D eigenvalue weighted by atomic mass is 9.45. The van der Waals surface area contributed by atoms with Crippen molar-refractivity contribution in [3.05, 3.63) is 12.2 Å². The van der Waals surface area contributed by atoms with Gasteiger partial charge >= 0.3 is 5.97 Å². The second-order valence-electron chi connectivity index (χ2n) is 7.77. The van der Waals surface area contributed by atoms with E-state index in [4.69, 9.17) is 5.11 Å². The monoisotopic (exact) mass is 343 g/mol. The SMILES string of the molecule is CC1(C)C2CC(C/C=C/CCCC(=O)O)C(NS(C)(=O)=O)C1C2. The zero-order chi connectivity index (χ0) is 17.3. The van der Waals surface area contributed by atoms with Gasteiger partial charge in [-0.15, -0.1) is 0 Å². The maximum atomic E-state index is 11.7. The van der Waals surface area contributed by atoms with Crippen LogP contribution in [-0.2, 0) is 14.8 Å². The molecule has 3 aliphatic carbocycles. The molecule has 5 nitrogen and oxygen atoms in total. The molecule has 0 spiro atoms. The Morgan fingerprint density at radius 1 is 1.30 bits per heavy atom. The van der Waals surface area contributed by atoms with Crippen LogP contribution in [0.3, 0.4) is 0 Å². The molecule has 2 bridgehead atoms. The van der Waals surface area contributed by atoms with Crippen molar-refractivity contribution in [3.63, 3.8) is 0 Å². The van der Waals surface area contributed by atoms with Gasteiger partial charge in [-0.3, -0.25) is 4.79 Å². The molecule has 3 aliphatic rings. The van der Waals surface area contributed by atoms with Crippen LogP contribution in [0.15, 0.2) is 12.2 Å². The summed E-state index contributed by atoms with van der Waals surface area (Å²) in [4.78, 5) is 10.5. The number of unbranched alkanes of at least 4 members (excludes halogenated alkanes) is 1. The number of carboxylic acids is 1. The van der Waals surface area contributed by atoms with Gasteiger partial charge in [0.1, 0.15) is 0 Å². The summed E-state index contributed by atoms with van der Waals surface area (Å²) >= 11 is 0. The van der Waals surface area contributed by atoms with Crippen LogP contribution in [0, 0.1) is 23.2 Å². The Balaban J connectivity index is 1.92. The lowest BCUT2D eigenvalue weighted by Crippen LogP contribution is -2.63. The average Bonchev–Trinajstić information content (AvgIpc) is 2.41. The van der Waals surface area contributed by atoms with E-state index in [1.165, 1.54) is 6.26 Å². The van der Waals surface area contributed by atoms with E-state index in [2.05, 4.69) is 24.6 Å². The number of hydrogen-bond donors (Lipinski definition) is 2. The second-order valence-corrected chi connectivity index (χ2v) is 9.55. The minimum atomic E-state index is -3.20. The van der Waals surface area contributed by atoms with Crippen molar-refractivity contribution in [2.75, 3.05) is 6.26 Å². The molecule has 0 heterocycles. The lowest BCUT2D eigenvalue weighted by Gasteiger charge is -2.62. The molecule has 0 aromatic heterocycles. The van der Waals surface area contributed by atoms with E-state index in [1.807, 2.05) is 6.08 Å². The summed E-state index contributed by atoms with van der Waals surface area (Å²) in [5.41, 5.74) is 0.226. The molecule has 2 N–H and O–H groups in total. The van der Waals surface area contributed by atoms with Crippen LogP contribution in [0.1, 0.15) is 52.4 Å². The smallest absolute Gasteiger partial charge is 0.303 e. The van der Waals surface area contributed by atoms with Crippen molar-refractivity contribution in [1.82, 2.24) is 4.72 Å². The first-order valence-electron chi connectivity index (χ1n) is 8.45. The fourth-order valence-electron chi connectivity index (χ4n) is 4.33. The van der Waals surface area contributed by atoms with Gasteiger partial charge in [-0.05, 0) is 55.3 Å². The first-order valence-corrected chi connectivity index (χ1v) is 10.3. The van der Waals surface area contributed by atoms with E-state index in [-0.39, 0.29) is 17.9 Å². The van der Waals surface area contributed by atoms with Crippen LogP contribution >= 0.6 is 0 Å². The number of aliphatic carboxylic acids is 1. The number of carbonyl (C=O) groups is 1. The van der Waals surface area contributed by atoms with Crippen molar-refractivity contribution in [1.29, 1.82) is 0 Å². The largest absolute Gasteiger partial charge is 0.481 e.